The summed E-state index contributed by atoms with van der Waals surface area (Å²) < 4.78 is 0. The van der Waals surface area contributed by atoms with Crippen LogP contribution in [0, 0.1) is 0 Å². The SMILES string of the molecule is CC(=O)N1CCCC=C1Nc1nc(-c2ccc(Cl)cc2Cl)cs1. The highest BCUT2D eigenvalue weighted by atomic mass is 35.5. The predicted octanol–water partition coefficient (Wildman–Crippen LogP) is 5.01. The first kappa shape index (κ1) is 16.3. The van der Waals surface area contributed by atoms with Crippen LogP contribution in [0.3, 0.4) is 0 Å². The molecule has 1 amide bonds. The molecule has 0 saturated carbocycles. The summed E-state index contributed by atoms with van der Waals surface area (Å²) in [6.45, 7) is 2.30. The van der Waals surface area contributed by atoms with E-state index in [9.17, 15) is 4.79 Å². The van der Waals surface area contributed by atoms with Gasteiger partial charge in [-0.15, -0.1) is 11.3 Å². The molecule has 1 aromatic carbocycles. The van der Waals surface area contributed by atoms with E-state index < -0.39 is 0 Å². The van der Waals surface area contributed by atoms with Gasteiger partial charge in [-0.05, 0) is 37.1 Å². The predicted molar refractivity (Wildman–Crippen MR) is 95.9 cm³/mol. The second-order valence-corrected chi connectivity index (χ2v) is 6.89. The molecule has 23 heavy (non-hydrogen) atoms. The van der Waals surface area contributed by atoms with Gasteiger partial charge >= 0.3 is 0 Å². The number of thiazole rings is 1. The van der Waals surface area contributed by atoms with Crippen LogP contribution in [-0.2, 0) is 4.79 Å². The molecule has 120 valence electrons. The second kappa shape index (κ2) is 6.91. The molecule has 0 fully saturated rings. The number of aromatic nitrogens is 1. The first-order chi connectivity index (χ1) is 11.0. The average molecular weight is 368 g/mol. The summed E-state index contributed by atoms with van der Waals surface area (Å²) in [4.78, 5) is 18.0. The lowest BCUT2D eigenvalue weighted by Gasteiger charge is -2.27. The Bertz CT molecular complexity index is 772. The summed E-state index contributed by atoms with van der Waals surface area (Å²) in [7, 11) is 0. The first-order valence-corrected chi connectivity index (χ1v) is 8.84. The van der Waals surface area contributed by atoms with Gasteiger partial charge in [0.25, 0.3) is 0 Å². The van der Waals surface area contributed by atoms with E-state index in [0.717, 1.165) is 41.6 Å². The largest absolute Gasteiger partial charge is 0.318 e. The minimum absolute atomic E-state index is 0.0287. The van der Waals surface area contributed by atoms with Crippen molar-refractivity contribution in [2.45, 2.75) is 19.8 Å². The molecule has 0 unspecified atom stereocenters. The molecule has 0 radical (unpaired) electrons. The number of rotatable bonds is 3. The number of nitrogens with zero attached hydrogens (tertiary/aromatic N) is 2. The molecule has 0 spiro atoms. The first-order valence-electron chi connectivity index (χ1n) is 7.21. The number of nitrogens with one attached hydrogen (secondary N) is 1. The monoisotopic (exact) mass is 367 g/mol. The standard InChI is InChI=1S/C16H15Cl2N3OS/c1-10(22)21-7-3-2-4-15(21)20-16-19-14(9-23-16)12-6-5-11(17)8-13(12)18/h4-6,8-9H,2-3,7H2,1H3,(H,19,20). The van der Waals surface area contributed by atoms with E-state index in [1.54, 1.807) is 24.0 Å². The molecule has 3 rings (SSSR count). The van der Waals surface area contributed by atoms with Crippen molar-refractivity contribution in [1.82, 2.24) is 9.88 Å². The molecule has 1 aliphatic heterocycles. The maximum absolute atomic E-state index is 11.7. The molecule has 1 aliphatic rings. The minimum atomic E-state index is 0.0287. The van der Waals surface area contributed by atoms with E-state index >= 15 is 0 Å². The molecule has 0 aliphatic carbocycles. The van der Waals surface area contributed by atoms with Crippen molar-refractivity contribution in [3.63, 3.8) is 0 Å². The summed E-state index contributed by atoms with van der Waals surface area (Å²) in [5.74, 6) is 0.827. The Hall–Kier alpha value is -1.56. The van der Waals surface area contributed by atoms with Gasteiger partial charge in [0.05, 0.1) is 10.7 Å². The van der Waals surface area contributed by atoms with Crippen LogP contribution in [0.25, 0.3) is 11.3 Å². The molecule has 1 N–H and O–H groups in total. The highest BCUT2D eigenvalue weighted by Crippen LogP contribution is 2.33. The van der Waals surface area contributed by atoms with Gasteiger partial charge in [-0.25, -0.2) is 4.98 Å². The minimum Gasteiger partial charge on any atom is -0.318 e. The van der Waals surface area contributed by atoms with Crippen LogP contribution in [0.1, 0.15) is 19.8 Å². The van der Waals surface area contributed by atoms with Crippen LogP contribution in [0.5, 0.6) is 0 Å². The summed E-state index contributed by atoms with van der Waals surface area (Å²) in [6.07, 6.45) is 3.96. The number of benzene rings is 1. The number of hydrogen-bond acceptors (Lipinski definition) is 4. The Labute approximate surface area is 148 Å². The summed E-state index contributed by atoms with van der Waals surface area (Å²) in [5, 5.41) is 7.06. The van der Waals surface area contributed by atoms with E-state index in [-0.39, 0.29) is 5.91 Å². The van der Waals surface area contributed by atoms with Crippen molar-refractivity contribution in [2.24, 2.45) is 0 Å². The van der Waals surface area contributed by atoms with Crippen LogP contribution < -0.4 is 5.32 Å². The van der Waals surface area contributed by atoms with Crippen molar-refractivity contribution in [1.29, 1.82) is 0 Å². The van der Waals surface area contributed by atoms with Gasteiger partial charge in [-0.2, -0.15) is 0 Å². The molecule has 1 aromatic heterocycles. The van der Waals surface area contributed by atoms with Crippen LogP contribution in [0.2, 0.25) is 10.0 Å². The molecule has 2 aromatic rings. The third kappa shape index (κ3) is 3.68. The zero-order chi connectivity index (χ0) is 16.4. The lowest BCUT2D eigenvalue weighted by molar-refractivity contribution is -0.127. The fourth-order valence-corrected chi connectivity index (χ4v) is 3.65. The van der Waals surface area contributed by atoms with Gasteiger partial charge in [-0.3, -0.25) is 9.69 Å². The smallest absolute Gasteiger partial charge is 0.224 e. The zero-order valence-electron chi connectivity index (χ0n) is 12.5. The topological polar surface area (TPSA) is 45.2 Å². The number of amides is 1. The Kier molecular flexibility index (Phi) is 4.90. The van der Waals surface area contributed by atoms with E-state index in [0.29, 0.717) is 10.0 Å². The number of carbonyl (C=O) groups is 1. The van der Waals surface area contributed by atoms with Crippen molar-refractivity contribution >= 4 is 45.6 Å². The van der Waals surface area contributed by atoms with Gasteiger partial charge in [0.2, 0.25) is 5.91 Å². The molecule has 0 bridgehead atoms. The Morgan fingerprint density at radius 1 is 1.39 bits per heavy atom. The number of halogens is 2. The maximum Gasteiger partial charge on any atom is 0.224 e. The summed E-state index contributed by atoms with van der Waals surface area (Å²) in [6, 6.07) is 5.34. The maximum atomic E-state index is 11.7. The molecule has 7 heteroatoms. The average Bonchev–Trinajstić information content (AvgIpc) is 2.96. The Morgan fingerprint density at radius 2 is 2.22 bits per heavy atom. The molecule has 0 atom stereocenters. The normalized spacial score (nSPS) is 14.6. The highest BCUT2D eigenvalue weighted by molar-refractivity contribution is 7.14. The summed E-state index contributed by atoms with van der Waals surface area (Å²) in [5.41, 5.74) is 1.62. The number of anilines is 1. The lowest BCUT2D eigenvalue weighted by Crippen LogP contribution is -2.34. The van der Waals surface area contributed by atoms with Crippen molar-refractivity contribution in [2.75, 3.05) is 11.9 Å². The molecule has 2 heterocycles. The highest BCUT2D eigenvalue weighted by Gasteiger charge is 2.18. The van der Waals surface area contributed by atoms with Gasteiger partial charge in [0.1, 0.15) is 5.82 Å². The van der Waals surface area contributed by atoms with E-state index in [4.69, 9.17) is 23.2 Å². The van der Waals surface area contributed by atoms with Crippen LogP contribution in [-0.4, -0.2) is 22.3 Å². The fraction of sp³-hybridized carbons (Fsp3) is 0.250. The van der Waals surface area contributed by atoms with Crippen LogP contribution in [0.15, 0.2) is 35.5 Å². The third-order valence-electron chi connectivity index (χ3n) is 3.54. The van der Waals surface area contributed by atoms with E-state index in [1.165, 1.54) is 11.3 Å². The number of allylic oxidation sites excluding steroid dienone is 1. The molecule has 0 saturated heterocycles. The lowest BCUT2D eigenvalue weighted by atomic mass is 10.2. The Balaban J connectivity index is 1.82. The van der Waals surface area contributed by atoms with Gasteiger partial charge in [-0.1, -0.05) is 23.2 Å². The van der Waals surface area contributed by atoms with Crippen molar-refractivity contribution < 1.29 is 4.79 Å². The zero-order valence-corrected chi connectivity index (χ0v) is 14.8. The third-order valence-corrected chi connectivity index (χ3v) is 4.85. The second-order valence-electron chi connectivity index (χ2n) is 5.19. The van der Waals surface area contributed by atoms with Crippen LogP contribution in [0.4, 0.5) is 5.13 Å². The van der Waals surface area contributed by atoms with Crippen LogP contribution >= 0.6 is 34.5 Å². The molecular weight excluding hydrogens is 353 g/mol. The summed E-state index contributed by atoms with van der Waals surface area (Å²) >= 11 is 13.6. The number of hydrogen-bond donors (Lipinski definition) is 1. The quantitative estimate of drug-likeness (QED) is 0.828. The van der Waals surface area contributed by atoms with Gasteiger partial charge in [0, 0.05) is 29.4 Å². The van der Waals surface area contributed by atoms with Gasteiger partial charge in [0.15, 0.2) is 5.13 Å². The van der Waals surface area contributed by atoms with Crippen molar-refractivity contribution in [3.05, 3.63) is 45.5 Å². The Morgan fingerprint density at radius 3 is 2.96 bits per heavy atom. The van der Waals surface area contributed by atoms with E-state index in [2.05, 4.69) is 10.3 Å². The fourth-order valence-electron chi connectivity index (χ4n) is 2.43. The molecular formula is C16H15Cl2N3OS. The van der Waals surface area contributed by atoms with Gasteiger partial charge < -0.3 is 5.32 Å². The van der Waals surface area contributed by atoms with E-state index in [1.807, 2.05) is 17.5 Å². The molecule has 4 nitrogen and oxygen atoms in total. The number of carbonyl (C=O) groups excluding carboxylic acids is 1. The van der Waals surface area contributed by atoms with Crippen molar-refractivity contribution in [3.8, 4) is 11.3 Å².